The van der Waals surface area contributed by atoms with Crippen molar-refractivity contribution >= 4 is 17.4 Å². The van der Waals surface area contributed by atoms with E-state index in [4.69, 9.17) is 11.6 Å². The first-order valence-electron chi connectivity index (χ1n) is 7.28. The van der Waals surface area contributed by atoms with E-state index in [1.807, 2.05) is 62.4 Å². The van der Waals surface area contributed by atoms with E-state index in [0.29, 0.717) is 11.1 Å². The number of carbonyl (C=O) groups excluding carboxylic acids is 1. The van der Waals surface area contributed by atoms with Crippen LogP contribution < -0.4 is 0 Å². The molecule has 1 heterocycles. The highest BCUT2D eigenvalue weighted by atomic mass is 35.5. The molecule has 0 atom stereocenters. The SMILES string of the molecule is Cc1ccc(-c2c(C)nnn2CCl)c(C(=O)c2ccccc2)c1. The third-order valence-corrected chi connectivity index (χ3v) is 3.95. The van der Waals surface area contributed by atoms with Crippen molar-refractivity contribution in [3.63, 3.8) is 0 Å². The third kappa shape index (κ3) is 2.90. The Bertz CT molecular complexity index is 856. The summed E-state index contributed by atoms with van der Waals surface area (Å²) in [5.41, 5.74) is 4.63. The molecule has 0 unspecified atom stereocenters. The zero-order valence-electron chi connectivity index (χ0n) is 13.0. The number of hydrogen-bond acceptors (Lipinski definition) is 3. The maximum absolute atomic E-state index is 12.9. The fourth-order valence-corrected chi connectivity index (χ4v) is 2.78. The van der Waals surface area contributed by atoms with Crippen LogP contribution >= 0.6 is 11.6 Å². The van der Waals surface area contributed by atoms with Gasteiger partial charge in [0.25, 0.3) is 0 Å². The van der Waals surface area contributed by atoms with Crippen LogP contribution in [0.4, 0.5) is 0 Å². The van der Waals surface area contributed by atoms with Crippen LogP contribution in [0.2, 0.25) is 0 Å². The number of carbonyl (C=O) groups is 1. The van der Waals surface area contributed by atoms with Gasteiger partial charge in [0.15, 0.2) is 5.78 Å². The Balaban J connectivity index is 2.20. The molecule has 1 aromatic heterocycles. The van der Waals surface area contributed by atoms with Crippen LogP contribution in [-0.2, 0) is 6.00 Å². The average molecular weight is 326 g/mol. The fourth-order valence-electron chi connectivity index (χ4n) is 2.61. The van der Waals surface area contributed by atoms with Gasteiger partial charge in [0.2, 0.25) is 0 Å². The molecule has 116 valence electrons. The first-order chi connectivity index (χ1) is 11.1. The van der Waals surface area contributed by atoms with Crippen molar-refractivity contribution in [2.45, 2.75) is 19.9 Å². The Hall–Kier alpha value is -2.46. The third-order valence-electron chi connectivity index (χ3n) is 3.73. The van der Waals surface area contributed by atoms with Gasteiger partial charge in [0.1, 0.15) is 6.00 Å². The largest absolute Gasteiger partial charge is 0.289 e. The highest BCUT2D eigenvalue weighted by molar-refractivity contribution is 6.16. The number of halogens is 1. The lowest BCUT2D eigenvalue weighted by Crippen LogP contribution is -2.07. The van der Waals surface area contributed by atoms with Crippen LogP contribution in [0.3, 0.4) is 0 Å². The van der Waals surface area contributed by atoms with Crippen molar-refractivity contribution < 1.29 is 4.79 Å². The first-order valence-corrected chi connectivity index (χ1v) is 7.82. The smallest absolute Gasteiger partial charge is 0.193 e. The standard InChI is InChI=1S/C18H16ClN3O/c1-12-8-9-15(17-13(2)20-21-22(17)11-19)16(10-12)18(23)14-6-4-3-5-7-14/h3-10H,11H2,1-2H3. The highest BCUT2D eigenvalue weighted by Gasteiger charge is 2.20. The predicted octanol–water partition coefficient (Wildman–Crippen LogP) is 3.99. The Kier molecular flexibility index (Phi) is 4.26. The van der Waals surface area contributed by atoms with Gasteiger partial charge in [0, 0.05) is 16.7 Å². The van der Waals surface area contributed by atoms with Gasteiger partial charge in [-0.05, 0) is 19.9 Å². The van der Waals surface area contributed by atoms with E-state index >= 15 is 0 Å². The topological polar surface area (TPSA) is 47.8 Å². The van der Waals surface area contributed by atoms with Crippen LogP contribution in [0, 0.1) is 13.8 Å². The van der Waals surface area contributed by atoms with Gasteiger partial charge in [0.05, 0.1) is 11.4 Å². The summed E-state index contributed by atoms with van der Waals surface area (Å²) in [7, 11) is 0. The molecule has 0 bridgehead atoms. The van der Waals surface area contributed by atoms with E-state index in [1.54, 1.807) is 4.68 Å². The van der Waals surface area contributed by atoms with Crippen molar-refractivity contribution in [1.29, 1.82) is 0 Å². The first kappa shape index (κ1) is 15.4. The summed E-state index contributed by atoms with van der Waals surface area (Å²) in [4.78, 5) is 12.9. The number of nitrogens with zero attached hydrogens (tertiary/aromatic N) is 3. The minimum atomic E-state index is -0.0222. The molecule has 0 saturated carbocycles. The average Bonchev–Trinajstić information content (AvgIpc) is 2.95. The second-order valence-electron chi connectivity index (χ2n) is 5.39. The molecule has 0 radical (unpaired) electrons. The molecule has 3 rings (SSSR count). The normalized spacial score (nSPS) is 10.7. The number of ketones is 1. The van der Waals surface area contributed by atoms with Crippen molar-refractivity contribution in [2.24, 2.45) is 0 Å². The Morgan fingerprint density at radius 1 is 1.13 bits per heavy atom. The number of rotatable bonds is 4. The lowest BCUT2D eigenvalue weighted by Gasteiger charge is -2.11. The zero-order chi connectivity index (χ0) is 16.4. The van der Waals surface area contributed by atoms with Crippen LogP contribution in [0.5, 0.6) is 0 Å². The molecule has 0 fully saturated rings. The van der Waals surface area contributed by atoms with E-state index < -0.39 is 0 Å². The van der Waals surface area contributed by atoms with Crippen molar-refractivity contribution in [3.05, 3.63) is 70.9 Å². The van der Waals surface area contributed by atoms with E-state index in [-0.39, 0.29) is 11.8 Å². The molecule has 4 nitrogen and oxygen atoms in total. The maximum atomic E-state index is 12.9. The molecule has 0 spiro atoms. The summed E-state index contributed by atoms with van der Waals surface area (Å²) in [5.74, 6) is -0.0222. The van der Waals surface area contributed by atoms with Crippen molar-refractivity contribution in [2.75, 3.05) is 0 Å². The second kappa shape index (κ2) is 6.34. The molecule has 3 aromatic rings. The molecule has 0 aliphatic rings. The fraction of sp³-hybridized carbons (Fsp3) is 0.167. The number of alkyl halides is 1. The molecule has 23 heavy (non-hydrogen) atoms. The summed E-state index contributed by atoms with van der Waals surface area (Å²) in [6, 6.07) is 15.2. The molecule has 0 N–H and O–H groups in total. The molecule has 0 saturated heterocycles. The minimum Gasteiger partial charge on any atom is -0.289 e. The van der Waals surface area contributed by atoms with Gasteiger partial charge < -0.3 is 0 Å². The molecular formula is C18H16ClN3O. The maximum Gasteiger partial charge on any atom is 0.193 e. The van der Waals surface area contributed by atoms with Gasteiger partial charge in [-0.1, -0.05) is 53.2 Å². The highest BCUT2D eigenvalue weighted by Crippen LogP contribution is 2.28. The minimum absolute atomic E-state index is 0.0222. The van der Waals surface area contributed by atoms with Gasteiger partial charge in [-0.15, -0.1) is 16.7 Å². The second-order valence-corrected chi connectivity index (χ2v) is 5.63. The van der Waals surface area contributed by atoms with Crippen LogP contribution in [0.1, 0.15) is 27.2 Å². The van der Waals surface area contributed by atoms with E-state index in [9.17, 15) is 4.79 Å². The molecule has 0 amide bonds. The van der Waals surface area contributed by atoms with E-state index in [1.165, 1.54) is 0 Å². The van der Waals surface area contributed by atoms with Gasteiger partial charge >= 0.3 is 0 Å². The Labute approximate surface area is 139 Å². The van der Waals surface area contributed by atoms with Crippen LogP contribution in [0.15, 0.2) is 48.5 Å². The lowest BCUT2D eigenvalue weighted by molar-refractivity contribution is 0.103. The summed E-state index contributed by atoms with van der Waals surface area (Å²) in [5, 5.41) is 8.11. The number of aryl methyl sites for hydroxylation is 2. The van der Waals surface area contributed by atoms with Crippen molar-refractivity contribution in [1.82, 2.24) is 15.0 Å². The number of aromatic nitrogens is 3. The van der Waals surface area contributed by atoms with E-state index in [0.717, 1.165) is 22.5 Å². The molecule has 0 aliphatic heterocycles. The van der Waals surface area contributed by atoms with Crippen molar-refractivity contribution in [3.8, 4) is 11.3 Å². The molecular weight excluding hydrogens is 310 g/mol. The zero-order valence-corrected chi connectivity index (χ0v) is 13.7. The molecule has 2 aromatic carbocycles. The molecule has 0 aliphatic carbocycles. The van der Waals surface area contributed by atoms with Gasteiger partial charge in [-0.2, -0.15) is 0 Å². The van der Waals surface area contributed by atoms with Gasteiger partial charge in [-0.3, -0.25) is 4.79 Å². The summed E-state index contributed by atoms with van der Waals surface area (Å²) < 4.78 is 1.60. The Morgan fingerprint density at radius 3 is 2.57 bits per heavy atom. The summed E-state index contributed by atoms with van der Waals surface area (Å²) in [6.07, 6.45) is 0. The Morgan fingerprint density at radius 2 is 1.87 bits per heavy atom. The van der Waals surface area contributed by atoms with Crippen LogP contribution in [-0.4, -0.2) is 20.8 Å². The lowest BCUT2D eigenvalue weighted by atomic mass is 9.94. The quantitative estimate of drug-likeness (QED) is 0.538. The number of hydrogen-bond donors (Lipinski definition) is 0. The van der Waals surface area contributed by atoms with Gasteiger partial charge in [-0.25, -0.2) is 4.68 Å². The number of benzene rings is 2. The molecule has 5 heteroatoms. The van der Waals surface area contributed by atoms with Crippen LogP contribution in [0.25, 0.3) is 11.3 Å². The monoisotopic (exact) mass is 325 g/mol. The summed E-state index contributed by atoms with van der Waals surface area (Å²) in [6.45, 7) is 3.83. The predicted molar refractivity (Wildman–Crippen MR) is 90.7 cm³/mol. The van der Waals surface area contributed by atoms with E-state index in [2.05, 4.69) is 10.3 Å². The summed E-state index contributed by atoms with van der Waals surface area (Å²) >= 11 is 5.95.